The molecule has 3 heteroatoms. The Morgan fingerprint density at radius 1 is 1.67 bits per heavy atom. The zero-order chi connectivity index (χ0) is 10.5. The predicted octanol–water partition coefficient (Wildman–Crippen LogP) is 2.62. The third kappa shape index (κ3) is 3.30. The first-order valence-electron chi connectivity index (χ1n) is 5.71. The summed E-state index contributed by atoms with van der Waals surface area (Å²) >= 11 is 1.85. The third-order valence-corrected chi connectivity index (χ3v) is 4.01. The molecule has 1 N–H and O–H groups in total. The van der Waals surface area contributed by atoms with Crippen molar-refractivity contribution in [3.05, 3.63) is 22.4 Å². The van der Waals surface area contributed by atoms with E-state index in [-0.39, 0.29) is 0 Å². The summed E-state index contributed by atoms with van der Waals surface area (Å²) in [4.78, 5) is 1.47. The minimum absolute atomic E-state index is 0.571. The molecule has 0 spiro atoms. The van der Waals surface area contributed by atoms with Crippen molar-refractivity contribution in [3.63, 3.8) is 0 Å². The van der Waals surface area contributed by atoms with Crippen LogP contribution < -0.4 is 5.32 Å². The molecule has 1 aromatic rings. The smallest absolute Gasteiger partial charge is 0.0619 e. The van der Waals surface area contributed by atoms with Crippen molar-refractivity contribution in [1.29, 1.82) is 0 Å². The van der Waals surface area contributed by atoms with E-state index in [1.165, 1.54) is 17.7 Å². The average Bonchev–Trinajstić information content (AvgIpc) is 2.81. The zero-order valence-electron chi connectivity index (χ0n) is 9.24. The zero-order valence-corrected chi connectivity index (χ0v) is 10.1. The van der Waals surface area contributed by atoms with Gasteiger partial charge in [-0.05, 0) is 24.3 Å². The van der Waals surface area contributed by atoms with Crippen molar-refractivity contribution in [2.75, 3.05) is 19.8 Å². The monoisotopic (exact) mass is 225 g/mol. The van der Waals surface area contributed by atoms with Crippen LogP contribution in [-0.2, 0) is 4.74 Å². The highest BCUT2D eigenvalue weighted by molar-refractivity contribution is 7.10. The summed E-state index contributed by atoms with van der Waals surface area (Å²) in [5.74, 6) is 0.618. The molecule has 1 aromatic heterocycles. The van der Waals surface area contributed by atoms with E-state index in [4.69, 9.17) is 4.74 Å². The molecule has 1 aliphatic rings. The average molecular weight is 225 g/mol. The van der Waals surface area contributed by atoms with E-state index in [9.17, 15) is 0 Å². The maximum atomic E-state index is 5.45. The number of rotatable bonds is 4. The quantitative estimate of drug-likeness (QED) is 0.850. The number of hydrogen-bond donors (Lipinski definition) is 1. The molecule has 0 bridgehead atoms. The largest absolute Gasteiger partial charge is 0.380 e. The van der Waals surface area contributed by atoms with E-state index >= 15 is 0 Å². The summed E-state index contributed by atoms with van der Waals surface area (Å²) in [5, 5.41) is 5.74. The van der Waals surface area contributed by atoms with Crippen LogP contribution in [0, 0.1) is 0 Å². The molecule has 0 amide bonds. The Bertz CT molecular complexity index is 267. The fourth-order valence-electron chi connectivity index (χ4n) is 1.92. The van der Waals surface area contributed by atoms with Gasteiger partial charge in [0.15, 0.2) is 0 Å². The van der Waals surface area contributed by atoms with Crippen LogP contribution in [0.2, 0.25) is 0 Å². The molecule has 1 fully saturated rings. The highest BCUT2D eigenvalue weighted by Crippen LogP contribution is 2.20. The minimum atomic E-state index is 0.571. The lowest BCUT2D eigenvalue weighted by Gasteiger charge is -2.24. The summed E-state index contributed by atoms with van der Waals surface area (Å²) in [5.41, 5.74) is 0. The van der Waals surface area contributed by atoms with Crippen LogP contribution in [0.5, 0.6) is 0 Å². The predicted molar refractivity (Wildman–Crippen MR) is 64.6 cm³/mol. The van der Waals surface area contributed by atoms with Crippen LogP contribution in [0.25, 0.3) is 0 Å². The lowest BCUT2D eigenvalue weighted by atomic mass is 10.1. The molecule has 15 heavy (non-hydrogen) atoms. The summed E-state index contributed by atoms with van der Waals surface area (Å²) in [7, 11) is 0. The molecule has 1 aliphatic heterocycles. The van der Waals surface area contributed by atoms with Crippen molar-refractivity contribution in [2.45, 2.75) is 31.7 Å². The molecule has 2 rings (SSSR count). The first-order valence-corrected chi connectivity index (χ1v) is 6.59. The van der Waals surface area contributed by atoms with Gasteiger partial charge in [0.1, 0.15) is 0 Å². The molecule has 0 aromatic carbocycles. The normalized spacial score (nSPS) is 23.9. The van der Waals surface area contributed by atoms with Gasteiger partial charge in [-0.2, -0.15) is 0 Å². The molecule has 2 unspecified atom stereocenters. The first-order chi connectivity index (χ1) is 7.36. The van der Waals surface area contributed by atoms with Gasteiger partial charge in [0.25, 0.3) is 0 Å². The van der Waals surface area contributed by atoms with Gasteiger partial charge < -0.3 is 10.1 Å². The number of hydrogen-bond acceptors (Lipinski definition) is 3. The lowest BCUT2D eigenvalue weighted by molar-refractivity contribution is 0.0702. The second kappa shape index (κ2) is 5.64. The molecule has 1 saturated heterocycles. The van der Waals surface area contributed by atoms with Gasteiger partial charge in [-0.15, -0.1) is 11.3 Å². The van der Waals surface area contributed by atoms with E-state index in [1.54, 1.807) is 0 Å². The van der Waals surface area contributed by atoms with E-state index in [0.717, 1.165) is 19.8 Å². The topological polar surface area (TPSA) is 21.3 Å². The summed E-state index contributed by atoms with van der Waals surface area (Å²) in [6.07, 6.45) is 2.46. The molecule has 2 heterocycles. The van der Waals surface area contributed by atoms with Gasteiger partial charge in [-0.3, -0.25) is 0 Å². The molecule has 2 nitrogen and oxygen atoms in total. The fraction of sp³-hybridized carbons (Fsp3) is 0.667. The van der Waals surface area contributed by atoms with Gasteiger partial charge in [-0.1, -0.05) is 13.0 Å². The van der Waals surface area contributed by atoms with Gasteiger partial charge in [0.05, 0.1) is 6.61 Å². The maximum absolute atomic E-state index is 5.45. The van der Waals surface area contributed by atoms with Crippen molar-refractivity contribution in [2.24, 2.45) is 0 Å². The van der Waals surface area contributed by atoms with Gasteiger partial charge in [0, 0.05) is 30.0 Å². The maximum Gasteiger partial charge on any atom is 0.0619 e. The van der Waals surface area contributed by atoms with Crippen LogP contribution in [-0.4, -0.2) is 25.8 Å². The van der Waals surface area contributed by atoms with Gasteiger partial charge in [-0.25, -0.2) is 0 Å². The second-order valence-corrected chi connectivity index (χ2v) is 5.22. The standard InChI is InChI=1S/C12H19NOS/c1-10(12-5-3-7-15-12)8-13-11-4-2-6-14-9-11/h3,5,7,10-11,13H,2,4,6,8-9H2,1H3. The van der Waals surface area contributed by atoms with Crippen LogP contribution >= 0.6 is 11.3 Å². The third-order valence-electron chi connectivity index (χ3n) is 2.90. The molecule has 0 saturated carbocycles. The Balaban J connectivity index is 1.73. The molecular formula is C12H19NOS. The fourth-order valence-corrected chi connectivity index (χ4v) is 2.70. The minimum Gasteiger partial charge on any atom is -0.380 e. The summed E-state index contributed by atoms with van der Waals surface area (Å²) in [6, 6.07) is 4.91. The van der Waals surface area contributed by atoms with Gasteiger partial charge >= 0.3 is 0 Å². The highest BCUT2D eigenvalue weighted by Gasteiger charge is 2.14. The van der Waals surface area contributed by atoms with E-state index in [2.05, 4.69) is 29.8 Å². The van der Waals surface area contributed by atoms with Crippen LogP contribution in [0.15, 0.2) is 17.5 Å². The SMILES string of the molecule is CC(CNC1CCCOC1)c1cccs1. The van der Waals surface area contributed by atoms with Crippen molar-refractivity contribution >= 4 is 11.3 Å². The molecule has 0 radical (unpaired) electrons. The number of nitrogens with one attached hydrogen (secondary N) is 1. The van der Waals surface area contributed by atoms with Crippen LogP contribution in [0.3, 0.4) is 0 Å². The summed E-state index contributed by atoms with van der Waals surface area (Å²) < 4.78 is 5.45. The number of ether oxygens (including phenoxy) is 1. The Morgan fingerprint density at radius 3 is 3.27 bits per heavy atom. The van der Waals surface area contributed by atoms with Crippen LogP contribution in [0.4, 0.5) is 0 Å². The Kier molecular flexibility index (Phi) is 4.18. The molecule has 84 valence electrons. The highest BCUT2D eigenvalue weighted by atomic mass is 32.1. The summed E-state index contributed by atoms with van der Waals surface area (Å²) in [6.45, 7) is 5.17. The number of thiophene rings is 1. The lowest BCUT2D eigenvalue weighted by Crippen LogP contribution is -2.38. The van der Waals surface area contributed by atoms with E-state index in [1.807, 2.05) is 11.3 Å². The first kappa shape index (κ1) is 11.1. The van der Waals surface area contributed by atoms with E-state index < -0.39 is 0 Å². The Morgan fingerprint density at radius 2 is 2.60 bits per heavy atom. The van der Waals surface area contributed by atoms with Crippen molar-refractivity contribution in [1.82, 2.24) is 5.32 Å². The van der Waals surface area contributed by atoms with Crippen LogP contribution in [0.1, 0.15) is 30.6 Å². The van der Waals surface area contributed by atoms with Gasteiger partial charge in [0.2, 0.25) is 0 Å². The van der Waals surface area contributed by atoms with Crippen molar-refractivity contribution in [3.8, 4) is 0 Å². The van der Waals surface area contributed by atoms with Crippen molar-refractivity contribution < 1.29 is 4.74 Å². The molecule has 0 aliphatic carbocycles. The Hall–Kier alpha value is -0.380. The Labute approximate surface area is 95.6 Å². The second-order valence-electron chi connectivity index (χ2n) is 4.24. The molecule has 2 atom stereocenters. The van der Waals surface area contributed by atoms with E-state index in [0.29, 0.717) is 12.0 Å². The molecular weight excluding hydrogens is 206 g/mol.